The van der Waals surface area contributed by atoms with Gasteiger partial charge in [-0.3, -0.25) is 9.69 Å². The largest absolute Gasteiger partial charge is 0.379 e. The van der Waals surface area contributed by atoms with Gasteiger partial charge in [0, 0.05) is 26.2 Å². The lowest BCUT2D eigenvalue weighted by atomic mass is 10.3. The molecule has 18 heavy (non-hydrogen) atoms. The molecule has 0 aromatic carbocycles. The van der Waals surface area contributed by atoms with Gasteiger partial charge in [0.15, 0.2) is 0 Å². The molecule has 0 radical (unpaired) electrons. The van der Waals surface area contributed by atoms with E-state index in [0.29, 0.717) is 16.8 Å². The zero-order chi connectivity index (χ0) is 12.8. The monoisotopic (exact) mass is 313 g/mol. The summed E-state index contributed by atoms with van der Waals surface area (Å²) in [6, 6.07) is 5.30. The predicted molar refractivity (Wildman–Crippen MR) is 71.5 cm³/mol. The Bertz CT molecular complexity index is 408. The normalized spacial score (nSPS) is 16.5. The lowest BCUT2D eigenvalue weighted by Gasteiger charge is -2.26. The molecule has 0 aliphatic carbocycles. The number of nitrogens with one attached hydrogen (secondary N) is 1. The van der Waals surface area contributed by atoms with E-state index in [1.165, 1.54) is 0 Å². The van der Waals surface area contributed by atoms with E-state index in [0.717, 1.165) is 32.8 Å². The average molecular weight is 314 g/mol. The Morgan fingerprint density at radius 3 is 2.94 bits per heavy atom. The number of aromatic nitrogens is 1. The molecule has 0 unspecified atom stereocenters. The standard InChI is InChI=1S/C12H16BrN3O2/c13-11-3-1-2-10(15-11)12(17)14-4-5-16-6-8-18-9-7-16/h1-3H,4-9H2,(H,14,17). The van der Waals surface area contributed by atoms with E-state index in [9.17, 15) is 4.79 Å². The van der Waals surface area contributed by atoms with Crippen LogP contribution in [0.15, 0.2) is 22.8 Å². The third kappa shape index (κ3) is 4.04. The fourth-order valence-electron chi connectivity index (χ4n) is 1.78. The molecule has 1 amide bonds. The van der Waals surface area contributed by atoms with Gasteiger partial charge in [-0.1, -0.05) is 6.07 Å². The first kappa shape index (κ1) is 13.5. The summed E-state index contributed by atoms with van der Waals surface area (Å²) < 4.78 is 5.94. The molecular weight excluding hydrogens is 298 g/mol. The van der Waals surface area contributed by atoms with Crippen LogP contribution in [0.25, 0.3) is 0 Å². The van der Waals surface area contributed by atoms with Crippen LogP contribution in [0, 0.1) is 0 Å². The highest BCUT2D eigenvalue weighted by molar-refractivity contribution is 9.10. The lowest BCUT2D eigenvalue weighted by Crippen LogP contribution is -2.41. The fraction of sp³-hybridized carbons (Fsp3) is 0.500. The third-order valence-corrected chi connectivity index (χ3v) is 3.21. The van der Waals surface area contributed by atoms with Crippen molar-refractivity contribution in [1.82, 2.24) is 15.2 Å². The van der Waals surface area contributed by atoms with Crippen molar-refractivity contribution in [3.05, 3.63) is 28.5 Å². The van der Waals surface area contributed by atoms with Crippen molar-refractivity contribution in [2.45, 2.75) is 0 Å². The molecule has 0 bridgehead atoms. The Balaban J connectivity index is 1.74. The molecule has 1 fully saturated rings. The van der Waals surface area contributed by atoms with Gasteiger partial charge in [0.05, 0.1) is 13.2 Å². The molecule has 5 nitrogen and oxygen atoms in total. The molecule has 1 aromatic rings. The van der Waals surface area contributed by atoms with E-state index in [1.807, 2.05) is 0 Å². The number of carbonyl (C=O) groups is 1. The second kappa shape index (κ2) is 6.82. The topological polar surface area (TPSA) is 54.5 Å². The van der Waals surface area contributed by atoms with E-state index in [-0.39, 0.29) is 5.91 Å². The summed E-state index contributed by atoms with van der Waals surface area (Å²) >= 11 is 3.25. The van der Waals surface area contributed by atoms with Crippen molar-refractivity contribution in [3.63, 3.8) is 0 Å². The summed E-state index contributed by atoms with van der Waals surface area (Å²) in [7, 11) is 0. The van der Waals surface area contributed by atoms with Gasteiger partial charge in [0.25, 0.3) is 5.91 Å². The number of hydrogen-bond donors (Lipinski definition) is 1. The van der Waals surface area contributed by atoms with E-state index in [2.05, 4.69) is 31.1 Å². The molecule has 2 rings (SSSR count). The van der Waals surface area contributed by atoms with Gasteiger partial charge < -0.3 is 10.1 Å². The van der Waals surface area contributed by atoms with Gasteiger partial charge >= 0.3 is 0 Å². The molecule has 1 N–H and O–H groups in total. The van der Waals surface area contributed by atoms with Crippen LogP contribution in [0.2, 0.25) is 0 Å². The lowest BCUT2D eigenvalue weighted by molar-refractivity contribution is 0.0383. The SMILES string of the molecule is O=C(NCCN1CCOCC1)c1cccc(Br)n1. The summed E-state index contributed by atoms with van der Waals surface area (Å²) in [5, 5.41) is 2.87. The quantitative estimate of drug-likeness (QED) is 0.839. The molecule has 1 aliphatic rings. The van der Waals surface area contributed by atoms with Gasteiger partial charge in [-0.05, 0) is 28.1 Å². The first-order valence-corrected chi connectivity index (χ1v) is 6.76. The first-order valence-electron chi connectivity index (χ1n) is 5.96. The summed E-state index contributed by atoms with van der Waals surface area (Å²) in [5.74, 6) is -0.135. The molecule has 1 saturated heterocycles. The number of hydrogen-bond acceptors (Lipinski definition) is 4. The maximum absolute atomic E-state index is 11.8. The van der Waals surface area contributed by atoms with E-state index >= 15 is 0 Å². The molecule has 0 atom stereocenters. The number of amides is 1. The second-order valence-corrected chi connectivity index (χ2v) is 4.87. The highest BCUT2D eigenvalue weighted by Crippen LogP contribution is 2.05. The molecule has 0 spiro atoms. The van der Waals surface area contributed by atoms with Gasteiger partial charge in [-0.15, -0.1) is 0 Å². The van der Waals surface area contributed by atoms with Crippen LogP contribution in [0.1, 0.15) is 10.5 Å². The molecule has 0 saturated carbocycles. The van der Waals surface area contributed by atoms with Crippen LogP contribution in [-0.4, -0.2) is 55.2 Å². The Morgan fingerprint density at radius 2 is 2.22 bits per heavy atom. The number of morpholine rings is 1. The third-order valence-electron chi connectivity index (χ3n) is 2.77. The van der Waals surface area contributed by atoms with E-state index in [1.54, 1.807) is 18.2 Å². The van der Waals surface area contributed by atoms with Gasteiger partial charge in [-0.2, -0.15) is 0 Å². The number of ether oxygens (including phenoxy) is 1. The minimum atomic E-state index is -0.135. The number of pyridine rings is 1. The predicted octanol–water partition coefficient (Wildman–Crippen LogP) is 0.906. The van der Waals surface area contributed by atoms with Gasteiger partial charge in [0.2, 0.25) is 0 Å². The summed E-state index contributed by atoms with van der Waals surface area (Å²) in [4.78, 5) is 18.2. The summed E-state index contributed by atoms with van der Waals surface area (Å²) in [5.41, 5.74) is 0.436. The van der Waals surface area contributed by atoms with Crippen molar-refractivity contribution in [3.8, 4) is 0 Å². The summed E-state index contributed by atoms with van der Waals surface area (Å²) in [6.07, 6.45) is 0. The molecular formula is C12H16BrN3O2. The van der Waals surface area contributed by atoms with Gasteiger partial charge in [-0.25, -0.2) is 4.98 Å². The highest BCUT2D eigenvalue weighted by Gasteiger charge is 2.11. The first-order chi connectivity index (χ1) is 8.75. The van der Waals surface area contributed by atoms with Crippen LogP contribution in [0.4, 0.5) is 0 Å². The van der Waals surface area contributed by atoms with Crippen molar-refractivity contribution >= 4 is 21.8 Å². The average Bonchev–Trinajstić information content (AvgIpc) is 2.40. The Hall–Kier alpha value is -0.980. The molecule has 6 heteroatoms. The van der Waals surface area contributed by atoms with E-state index < -0.39 is 0 Å². The van der Waals surface area contributed by atoms with Crippen LogP contribution >= 0.6 is 15.9 Å². The van der Waals surface area contributed by atoms with Crippen LogP contribution < -0.4 is 5.32 Å². The van der Waals surface area contributed by atoms with Crippen molar-refractivity contribution in [2.24, 2.45) is 0 Å². The molecule has 98 valence electrons. The van der Waals surface area contributed by atoms with Gasteiger partial charge in [0.1, 0.15) is 10.3 Å². The Morgan fingerprint density at radius 1 is 1.44 bits per heavy atom. The van der Waals surface area contributed by atoms with Crippen molar-refractivity contribution < 1.29 is 9.53 Å². The maximum Gasteiger partial charge on any atom is 0.269 e. The smallest absolute Gasteiger partial charge is 0.269 e. The number of halogens is 1. The van der Waals surface area contributed by atoms with Crippen molar-refractivity contribution in [2.75, 3.05) is 39.4 Å². The van der Waals surface area contributed by atoms with Crippen LogP contribution in [-0.2, 0) is 4.74 Å². The number of nitrogens with zero attached hydrogens (tertiary/aromatic N) is 2. The summed E-state index contributed by atoms with van der Waals surface area (Å²) in [6.45, 7) is 4.91. The number of rotatable bonds is 4. The molecule has 1 aromatic heterocycles. The molecule has 2 heterocycles. The molecule has 1 aliphatic heterocycles. The number of carbonyl (C=O) groups excluding carboxylic acids is 1. The minimum absolute atomic E-state index is 0.135. The van der Waals surface area contributed by atoms with E-state index in [4.69, 9.17) is 4.74 Å². The zero-order valence-corrected chi connectivity index (χ0v) is 11.6. The maximum atomic E-state index is 11.8. The Kier molecular flexibility index (Phi) is 5.10. The minimum Gasteiger partial charge on any atom is -0.379 e. The Labute approximate surface area is 115 Å². The second-order valence-electron chi connectivity index (χ2n) is 4.06. The fourth-order valence-corrected chi connectivity index (χ4v) is 2.12. The van der Waals surface area contributed by atoms with Crippen LogP contribution in [0.5, 0.6) is 0 Å². The highest BCUT2D eigenvalue weighted by atomic mass is 79.9. The van der Waals surface area contributed by atoms with Crippen molar-refractivity contribution in [1.29, 1.82) is 0 Å². The zero-order valence-electron chi connectivity index (χ0n) is 10.1. The van der Waals surface area contributed by atoms with Crippen LogP contribution in [0.3, 0.4) is 0 Å².